The highest BCUT2D eigenvalue weighted by molar-refractivity contribution is 5.91. The molecule has 1 aromatic carbocycles. The summed E-state index contributed by atoms with van der Waals surface area (Å²) in [5.74, 6) is -0.725. The first kappa shape index (κ1) is 19.8. The number of unbranched alkanes of at least 4 members (excludes halogenated alkanes) is 1. The third-order valence-electron chi connectivity index (χ3n) is 3.73. The van der Waals surface area contributed by atoms with E-state index in [2.05, 4.69) is 10.6 Å². The van der Waals surface area contributed by atoms with Gasteiger partial charge >= 0.3 is 0 Å². The summed E-state index contributed by atoms with van der Waals surface area (Å²) in [5.41, 5.74) is 6.40. The number of nitrogens with one attached hydrogen (secondary N) is 2. The van der Waals surface area contributed by atoms with Gasteiger partial charge in [0.15, 0.2) is 5.78 Å². The van der Waals surface area contributed by atoms with Gasteiger partial charge in [0.25, 0.3) is 0 Å². The normalized spacial score (nSPS) is 13.0. The van der Waals surface area contributed by atoms with Crippen LogP contribution < -0.4 is 16.4 Å². The van der Waals surface area contributed by atoms with E-state index in [4.69, 9.17) is 5.73 Å². The molecule has 2 atom stereocenters. The highest BCUT2D eigenvalue weighted by atomic mass is 16.2. The molecule has 1 aromatic rings. The van der Waals surface area contributed by atoms with Crippen molar-refractivity contribution in [2.24, 2.45) is 5.73 Å². The Morgan fingerprint density at radius 2 is 1.67 bits per heavy atom. The number of hydrogen-bond donors (Lipinski definition) is 3. The fourth-order valence-electron chi connectivity index (χ4n) is 2.45. The number of ketones is 1. The predicted molar refractivity (Wildman–Crippen MR) is 93.3 cm³/mol. The maximum Gasteiger partial charge on any atom is 0.243 e. The molecular weight excluding hydrogens is 306 g/mol. The molecule has 0 aliphatic heterocycles. The molecule has 1 rings (SSSR count). The molecule has 24 heavy (non-hydrogen) atoms. The fourth-order valence-corrected chi connectivity index (χ4v) is 2.45. The Kier molecular flexibility index (Phi) is 8.71. The SMILES string of the molecule is CC(=O)N[C@@H](Cc1ccccc1)C(=O)NC(CCCCN)C(C)=O. The molecule has 0 aromatic heterocycles. The molecule has 0 fully saturated rings. The topological polar surface area (TPSA) is 101 Å². The van der Waals surface area contributed by atoms with Crippen molar-refractivity contribution in [2.45, 2.75) is 51.6 Å². The van der Waals surface area contributed by atoms with Crippen molar-refractivity contribution >= 4 is 17.6 Å². The van der Waals surface area contributed by atoms with Crippen LogP contribution in [0.2, 0.25) is 0 Å². The van der Waals surface area contributed by atoms with E-state index in [9.17, 15) is 14.4 Å². The third-order valence-corrected chi connectivity index (χ3v) is 3.73. The number of benzene rings is 1. The molecule has 0 heterocycles. The van der Waals surface area contributed by atoms with Crippen molar-refractivity contribution in [1.82, 2.24) is 10.6 Å². The van der Waals surface area contributed by atoms with Gasteiger partial charge in [0.05, 0.1) is 6.04 Å². The Bertz CT molecular complexity index is 546. The maximum atomic E-state index is 12.5. The van der Waals surface area contributed by atoms with Gasteiger partial charge in [-0.3, -0.25) is 14.4 Å². The lowest BCUT2D eigenvalue weighted by Crippen LogP contribution is -2.51. The highest BCUT2D eigenvalue weighted by Crippen LogP contribution is 2.06. The molecule has 4 N–H and O–H groups in total. The second kappa shape index (κ2) is 10.5. The smallest absolute Gasteiger partial charge is 0.243 e. The van der Waals surface area contributed by atoms with Crippen molar-refractivity contribution in [2.75, 3.05) is 6.54 Å². The molecule has 132 valence electrons. The summed E-state index contributed by atoms with van der Waals surface area (Å²) in [6, 6.07) is 8.18. The number of amides is 2. The molecule has 1 unspecified atom stereocenters. The lowest BCUT2D eigenvalue weighted by molar-refractivity contribution is -0.130. The van der Waals surface area contributed by atoms with Crippen LogP contribution in [0.1, 0.15) is 38.7 Å². The van der Waals surface area contributed by atoms with Crippen LogP contribution in [-0.2, 0) is 20.8 Å². The minimum Gasteiger partial charge on any atom is -0.345 e. The van der Waals surface area contributed by atoms with E-state index >= 15 is 0 Å². The quantitative estimate of drug-likeness (QED) is 0.555. The number of carbonyl (C=O) groups excluding carboxylic acids is 3. The molecule has 0 radical (unpaired) electrons. The molecule has 0 aliphatic carbocycles. The van der Waals surface area contributed by atoms with Crippen LogP contribution in [-0.4, -0.2) is 36.2 Å². The first-order valence-electron chi connectivity index (χ1n) is 8.26. The van der Waals surface area contributed by atoms with E-state index in [1.807, 2.05) is 30.3 Å². The first-order valence-corrected chi connectivity index (χ1v) is 8.26. The predicted octanol–water partition coefficient (Wildman–Crippen LogP) is 0.937. The van der Waals surface area contributed by atoms with Crippen molar-refractivity contribution < 1.29 is 14.4 Å². The Morgan fingerprint density at radius 1 is 1.00 bits per heavy atom. The summed E-state index contributed by atoms with van der Waals surface area (Å²) < 4.78 is 0. The van der Waals surface area contributed by atoms with Gasteiger partial charge < -0.3 is 16.4 Å². The van der Waals surface area contributed by atoms with Crippen molar-refractivity contribution in [3.05, 3.63) is 35.9 Å². The molecule has 2 amide bonds. The van der Waals surface area contributed by atoms with Gasteiger partial charge in [-0.1, -0.05) is 30.3 Å². The van der Waals surface area contributed by atoms with Crippen LogP contribution in [0.25, 0.3) is 0 Å². The van der Waals surface area contributed by atoms with Crippen LogP contribution >= 0.6 is 0 Å². The van der Waals surface area contributed by atoms with Crippen molar-refractivity contribution in [3.63, 3.8) is 0 Å². The molecule has 0 saturated heterocycles. The zero-order chi connectivity index (χ0) is 17.9. The summed E-state index contributed by atoms with van der Waals surface area (Å²) in [4.78, 5) is 35.7. The maximum absolute atomic E-state index is 12.5. The molecular formula is C18H27N3O3. The van der Waals surface area contributed by atoms with Gasteiger partial charge in [-0.05, 0) is 38.3 Å². The van der Waals surface area contributed by atoms with Gasteiger partial charge in [0.2, 0.25) is 11.8 Å². The number of hydrogen-bond acceptors (Lipinski definition) is 4. The average Bonchev–Trinajstić information content (AvgIpc) is 2.53. The van der Waals surface area contributed by atoms with E-state index in [0.29, 0.717) is 19.4 Å². The minimum atomic E-state index is -0.707. The molecule has 0 saturated carbocycles. The largest absolute Gasteiger partial charge is 0.345 e. The first-order chi connectivity index (χ1) is 11.4. The van der Waals surface area contributed by atoms with E-state index in [1.54, 1.807) is 0 Å². The fraction of sp³-hybridized carbons (Fsp3) is 0.500. The van der Waals surface area contributed by atoms with Crippen LogP contribution in [0.4, 0.5) is 0 Å². The van der Waals surface area contributed by atoms with Crippen LogP contribution in [0.15, 0.2) is 30.3 Å². The molecule has 0 aliphatic rings. The van der Waals surface area contributed by atoms with Gasteiger partial charge in [0, 0.05) is 13.3 Å². The Hall–Kier alpha value is -2.21. The van der Waals surface area contributed by atoms with E-state index < -0.39 is 12.1 Å². The lowest BCUT2D eigenvalue weighted by atomic mass is 10.0. The lowest BCUT2D eigenvalue weighted by Gasteiger charge is -2.22. The summed E-state index contributed by atoms with van der Waals surface area (Å²) in [7, 11) is 0. The number of nitrogens with two attached hydrogens (primary N) is 1. The van der Waals surface area contributed by atoms with Gasteiger partial charge in [0.1, 0.15) is 6.04 Å². The summed E-state index contributed by atoms with van der Waals surface area (Å²) in [6.07, 6.45) is 2.50. The molecule has 6 heteroatoms. The highest BCUT2D eigenvalue weighted by Gasteiger charge is 2.24. The minimum absolute atomic E-state index is 0.0957. The van der Waals surface area contributed by atoms with Crippen molar-refractivity contribution in [3.8, 4) is 0 Å². The molecule has 6 nitrogen and oxygen atoms in total. The monoisotopic (exact) mass is 333 g/mol. The Balaban J connectivity index is 2.74. The Morgan fingerprint density at radius 3 is 2.21 bits per heavy atom. The average molecular weight is 333 g/mol. The van der Waals surface area contributed by atoms with Crippen LogP contribution in [0.5, 0.6) is 0 Å². The number of rotatable bonds is 10. The zero-order valence-electron chi connectivity index (χ0n) is 14.4. The van der Waals surface area contributed by atoms with Gasteiger partial charge in [-0.25, -0.2) is 0 Å². The zero-order valence-corrected chi connectivity index (χ0v) is 14.4. The summed E-state index contributed by atoms with van der Waals surface area (Å²) in [5, 5.41) is 5.41. The molecule has 0 bridgehead atoms. The molecule has 0 spiro atoms. The number of Topliss-reactive ketones (excluding diaryl/α,β-unsaturated/α-hetero) is 1. The summed E-state index contributed by atoms with van der Waals surface area (Å²) >= 11 is 0. The number of carbonyl (C=O) groups is 3. The van der Waals surface area contributed by atoms with Crippen LogP contribution in [0.3, 0.4) is 0 Å². The van der Waals surface area contributed by atoms with Gasteiger partial charge in [-0.15, -0.1) is 0 Å². The third kappa shape index (κ3) is 7.37. The Labute approximate surface area is 143 Å². The van der Waals surface area contributed by atoms with E-state index in [-0.39, 0.29) is 17.6 Å². The van der Waals surface area contributed by atoms with Gasteiger partial charge in [-0.2, -0.15) is 0 Å². The van der Waals surface area contributed by atoms with Crippen LogP contribution in [0, 0.1) is 0 Å². The second-order valence-electron chi connectivity index (χ2n) is 5.90. The van der Waals surface area contributed by atoms with E-state index in [1.165, 1.54) is 13.8 Å². The van der Waals surface area contributed by atoms with E-state index in [0.717, 1.165) is 18.4 Å². The second-order valence-corrected chi connectivity index (χ2v) is 5.90. The van der Waals surface area contributed by atoms with Crippen molar-refractivity contribution in [1.29, 1.82) is 0 Å². The standard InChI is InChI=1S/C18H27N3O3/c1-13(22)16(10-6-7-11-19)21-18(24)17(20-14(2)23)12-15-8-4-3-5-9-15/h3-5,8-9,16-17H,6-7,10-12,19H2,1-2H3,(H,20,23)(H,21,24)/t16?,17-/m0/s1. The summed E-state index contributed by atoms with van der Waals surface area (Å²) in [6.45, 7) is 3.38.